The minimum atomic E-state index is -6.04. The van der Waals surface area contributed by atoms with E-state index in [0.29, 0.717) is 0 Å². The number of rotatable bonds is 2. The molecule has 0 fully saturated rings. The number of hydrogen-bond acceptors (Lipinski definition) is 0. The fourth-order valence-electron chi connectivity index (χ4n) is 0.506. The van der Waals surface area contributed by atoms with Crippen molar-refractivity contribution in [3.05, 3.63) is 0 Å². The molecule has 2 atom stereocenters. The van der Waals surface area contributed by atoms with Gasteiger partial charge in [0.15, 0.2) is 0 Å². The molecule has 0 aromatic rings. The summed E-state index contributed by atoms with van der Waals surface area (Å²) in [5.41, 5.74) is 0. The monoisotopic (exact) mass is 372 g/mol. The third kappa shape index (κ3) is 3.43. The van der Waals surface area contributed by atoms with Gasteiger partial charge in [-0.05, 0) is 0 Å². The van der Waals surface area contributed by atoms with E-state index in [-0.39, 0.29) is 0 Å². The quantitative estimate of drug-likeness (QED) is 0.501. The van der Waals surface area contributed by atoms with Gasteiger partial charge in [0.25, 0.3) is 0 Å². The lowest BCUT2D eigenvalue weighted by Gasteiger charge is -2.28. The third-order valence-corrected chi connectivity index (χ3v) is 4.15. The molecule has 0 aliphatic heterocycles. The molecule has 0 aromatic heterocycles. The largest absolute Gasteiger partial charge is 0.454 e. The smallest absolute Gasteiger partial charge is 0.195 e. The van der Waals surface area contributed by atoms with E-state index < -0.39 is 27.9 Å². The van der Waals surface area contributed by atoms with Crippen molar-refractivity contribution in [1.29, 1.82) is 0 Å². The van der Waals surface area contributed by atoms with Crippen LogP contribution in [0.2, 0.25) is 0 Å². The SMILES string of the molecule is FC(F)(F)C(Br)C(Br)C(F)(F)C(F)(F)F. The Balaban J connectivity index is 4.94. The molecule has 0 aliphatic carbocycles. The molecule has 10 heteroatoms. The zero-order valence-corrected chi connectivity index (χ0v) is 9.61. The molecule has 0 spiro atoms. The Morgan fingerprint density at radius 2 is 1.00 bits per heavy atom. The maximum Gasteiger partial charge on any atom is 0.454 e. The molecule has 0 nitrogen and oxygen atoms in total. The summed E-state index contributed by atoms with van der Waals surface area (Å²) < 4.78 is 95.3. The third-order valence-electron chi connectivity index (χ3n) is 1.29. The van der Waals surface area contributed by atoms with Gasteiger partial charge in [-0.1, -0.05) is 31.9 Å². The van der Waals surface area contributed by atoms with Crippen molar-refractivity contribution in [1.82, 2.24) is 0 Å². The molecule has 0 heterocycles. The molecular weight excluding hydrogens is 372 g/mol. The van der Waals surface area contributed by atoms with Gasteiger partial charge < -0.3 is 0 Å². The standard InChI is InChI=1S/C5H2Br2F8/c6-1(2(7)4(10,11)12)3(8,9)5(13,14)15/h1-2H. The predicted octanol–water partition coefficient (Wildman–Crippen LogP) is 4.27. The van der Waals surface area contributed by atoms with Crippen molar-refractivity contribution in [2.45, 2.75) is 27.9 Å². The molecule has 0 N–H and O–H groups in total. The van der Waals surface area contributed by atoms with Crippen LogP contribution in [0.25, 0.3) is 0 Å². The highest BCUT2D eigenvalue weighted by Crippen LogP contribution is 2.46. The zero-order valence-electron chi connectivity index (χ0n) is 6.43. The Hall–Kier alpha value is 0.400. The van der Waals surface area contributed by atoms with Crippen molar-refractivity contribution in [2.24, 2.45) is 0 Å². The van der Waals surface area contributed by atoms with Crippen molar-refractivity contribution < 1.29 is 35.1 Å². The molecule has 0 bridgehead atoms. The Labute approximate surface area is 95.3 Å². The van der Waals surface area contributed by atoms with E-state index in [4.69, 9.17) is 0 Å². The van der Waals surface area contributed by atoms with Gasteiger partial charge in [-0.2, -0.15) is 35.1 Å². The van der Waals surface area contributed by atoms with Crippen LogP contribution >= 0.6 is 31.9 Å². The van der Waals surface area contributed by atoms with Crippen LogP contribution in [0.15, 0.2) is 0 Å². The molecule has 2 unspecified atom stereocenters. The topological polar surface area (TPSA) is 0 Å². The molecular formula is C5H2Br2F8. The van der Waals surface area contributed by atoms with Crippen molar-refractivity contribution in [3.8, 4) is 0 Å². The van der Waals surface area contributed by atoms with Gasteiger partial charge in [-0.3, -0.25) is 0 Å². The first-order chi connectivity index (χ1) is 6.32. The average molecular weight is 374 g/mol. The molecule has 15 heavy (non-hydrogen) atoms. The van der Waals surface area contributed by atoms with Gasteiger partial charge in [0.2, 0.25) is 0 Å². The summed E-state index contributed by atoms with van der Waals surface area (Å²) in [5, 5.41) is 0. The highest BCUT2D eigenvalue weighted by Gasteiger charge is 2.66. The maximum atomic E-state index is 12.4. The Bertz CT molecular complexity index is 218. The van der Waals surface area contributed by atoms with E-state index in [9.17, 15) is 35.1 Å². The fraction of sp³-hybridized carbons (Fsp3) is 1.00. The van der Waals surface area contributed by atoms with E-state index >= 15 is 0 Å². The van der Waals surface area contributed by atoms with E-state index in [1.54, 1.807) is 31.9 Å². The molecule has 0 rings (SSSR count). The Morgan fingerprint density at radius 1 is 0.667 bits per heavy atom. The second kappa shape index (κ2) is 4.34. The summed E-state index contributed by atoms with van der Waals surface area (Å²) in [6.07, 6.45) is -11.2. The fourth-order valence-corrected chi connectivity index (χ4v) is 1.40. The van der Waals surface area contributed by atoms with E-state index in [0.717, 1.165) is 0 Å². The number of halogens is 10. The minimum absolute atomic E-state index is 1.70. The summed E-state index contributed by atoms with van der Waals surface area (Å²) in [6.45, 7) is 0. The van der Waals surface area contributed by atoms with E-state index in [1.165, 1.54) is 0 Å². The summed E-state index contributed by atoms with van der Waals surface area (Å²) in [4.78, 5) is -6.12. The molecule has 0 radical (unpaired) electrons. The van der Waals surface area contributed by atoms with Crippen LogP contribution in [0, 0.1) is 0 Å². The van der Waals surface area contributed by atoms with Gasteiger partial charge in [0, 0.05) is 0 Å². The lowest BCUT2D eigenvalue weighted by Crippen LogP contribution is -2.51. The molecule has 0 saturated carbocycles. The number of hydrogen-bond donors (Lipinski definition) is 0. The van der Waals surface area contributed by atoms with Crippen LogP contribution in [-0.4, -0.2) is 27.9 Å². The highest BCUT2D eigenvalue weighted by atomic mass is 79.9. The normalized spacial score (nSPS) is 18.8. The van der Waals surface area contributed by atoms with Gasteiger partial charge in [-0.15, -0.1) is 0 Å². The van der Waals surface area contributed by atoms with Crippen LogP contribution < -0.4 is 0 Å². The first-order valence-electron chi connectivity index (χ1n) is 3.11. The summed E-state index contributed by atoms with van der Waals surface area (Å²) in [7, 11) is 0. The first-order valence-corrected chi connectivity index (χ1v) is 4.94. The van der Waals surface area contributed by atoms with E-state index in [2.05, 4.69) is 0 Å². The van der Waals surface area contributed by atoms with Crippen molar-refractivity contribution in [2.75, 3.05) is 0 Å². The van der Waals surface area contributed by atoms with Crippen LogP contribution in [0.3, 0.4) is 0 Å². The second-order valence-corrected chi connectivity index (χ2v) is 4.44. The Morgan fingerprint density at radius 3 is 1.20 bits per heavy atom. The van der Waals surface area contributed by atoms with Crippen molar-refractivity contribution >= 4 is 31.9 Å². The summed E-state index contributed by atoms with van der Waals surface area (Å²) in [6, 6.07) is 0. The van der Waals surface area contributed by atoms with E-state index in [1.807, 2.05) is 0 Å². The average Bonchev–Trinajstić information content (AvgIpc) is 1.97. The van der Waals surface area contributed by atoms with Gasteiger partial charge in [-0.25, -0.2) is 0 Å². The first kappa shape index (κ1) is 15.4. The lowest BCUT2D eigenvalue weighted by molar-refractivity contribution is -0.285. The van der Waals surface area contributed by atoms with Crippen LogP contribution in [0.5, 0.6) is 0 Å². The lowest BCUT2D eigenvalue weighted by atomic mass is 10.1. The number of alkyl halides is 10. The van der Waals surface area contributed by atoms with Crippen LogP contribution in [0.1, 0.15) is 0 Å². The predicted molar refractivity (Wildman–Crippen MR) is 42.5 cm³/mol. The zero-order chi connectivity index (χ0) is 12.7. The summed E-state index contributed by atoms with van der Waals surface area (Å²) in [5.74, 6) is -5.48. The van der Waals surface area contributed by atoms with Gasteiger partial charge in [0.1, 0.15) is 9.65 Å². The molecule has 0 amide bonds. The molecule has 0 saturated heterocycles. The highest BCUT2D eigenvalue weighted by molar-refractivity contribution is 9.12. The van der Waals surface area contributed by atoms with Crippen molar-refractivity contribution in [3.63, 3.8) is 0 Å². The molecule has 92 valence electrons. The Kier molecular flexibility index (Phi) is 4.46. The maximum absolute atomic E-state index is 12.4. The summed E-state index contributed by atoms with van der Waals surface area (Å²) >= 11 is 3.44. The molecule has 0 aromatic carbocycles. The van der Waals surface area contributed by atoms with Gasteiger partial charge >= 0.3 is 18.3 Å². The second-order valence-electron chi connectivity index (χ2n) is 2.47. The van der Waals surface area contributed by atoms with Crippen LogP contribution in [0.4, 0.5) is 35.1 Å². The van der Waals surface area contributed by atoms with Gasteiger partial charge in [0.05, 0.1) is 0 Å². The minimum Gasteiger partial charge on any atom is -0.195 e. The molecule has 0 aliphatic rings. The van der Waals surface area contributed by atoms with Crippen LogP contribution in [-0.2, 0) is 0 Å².